The smallest absolute Gasteiger partial charge is 0.133 e. The number of hydrogen-bond acceptors (Lipinski definition) is 4. The van der Waals surface area contributed by atoms with E-state index in [2.05, 4.69) is 52.3 Å². The summed E-state index contributed by atoms with van der Waals surface area (Å²) < 4.78 is 12.2. The average molecular weight is 343 g/mol. The predicted molar refractivity (Wildman–Crippen MR) is 84.3 cm³/mol. The van der Waals surface area contributed by atoms with Crippen molar-refractivity contribution in [2.45, 2.75) is 19.1 Å². The third-order valence-electron chi connectivity index (χ3n) is 3.72. The molecule has 1 aromatic carbocycles. The van der Waals surface area contributed by atoms with Crippen LogP contribution in [-0.4, -0.2) is 51.4 Å². The third-order valence-corrected chi connectivity index (χ3v) is 4.34. The van der Waals surface area contributed by atoms with E-state index in [1.807, 2.05) is 6.07 Å². The van der Waals surface area contributed by atoms with Gasteiger partial charge >= 0.3 is 0 Å². The molecule has 0 bridgehead atoms. The van der Waals surface area contributed by atoms with Crippen molar-refractivity contribution in [3.63, 3.8) is 0 Å². The fourth-order valence-corrected chi connectivity index (χ4v) is 3.21. The van der Waals surface area contributed by atoms with Crippen LogP contribution in [0.3, 0.4) is 0 Å². The highest BCUT2D eigenvalue weighted by atomic mass is 79.9. The first-order chi connectivity index (χ1) is 9.67. The summed E-state index contributed by atoms with van der Waals surface area (Å²) in [6, 6.07) is 6.53. The standard InChI is InChI=1S/C15H23BrN2O2/c1-4-17-10-14-15(18(2)7-8-20-14)11-5-6-13(19-3)12(16)9-11/h5-6,9,14-15,17H,4,7-8,10H2,1-3H3. The Kier molecular flexibility index (Phi) is 5.84. The van der Waals surface area contributed by atoms with Gasteiger partial charge in [0.05, 0.1) is 30.3 Å². The molecule has 0 saturated carbocycles. The lowest BCUT2D eigenvalue weighted by Gasteiger charge is -2.39. The second-order valence-corrected chi connectivity index (χ2v) is 5.89. The molecule has 20 heavy (non-hydrogen) atoms. The Morgan fingerprint density at radius 3 is 2.95 bits per heavy atom. The molecule has 5 heteroatoms. The van der Waals surface area contributed by atoms with E-state index in [0.717, 1.165) is 36.5 Å². The van der Waals surface area contributed by atoms with E-state index >= 15 is 0 Å². The maximum absolute atomic E-state index is 5.96. The second-order valence-electron chi connectivity index (χ2n) is 5.04. The van der Waals surface area contributed by atoms with Gasteiger partial charge in [-0.3, -0.25) is 4.90 Å². The predicted octanol–water partition coefficient (Wildman–Crippen LogP) is 2.44. The highest BCUT2D eigenvalue weighted by Crippen LogP contribution is 2.33. The van der Waals surface area contributed by atoms with Gasteiger partial charge in [-0.15, -0.1) is 0 Å². The summed E-state index contributed by atoms with van der Waals surface area (Å²) in [5.41, 5.74) is 1.25. The van der Waals surface area contributed by atoms with Crippen molar-refractivity contribution >= 4 is 15.9 Å². The molecular formula is C15H23BrN2O2. The Balaban J connectivity index is 2.22. The Morgan fingerprint density at radius 1 is 1.50 bits per heavy atom. The molecule has 2 unspecified atom stereocenters. The van der Waals surface area contributed by atoms with Crippen molar-refractivity contribution in [3.8, 4) is 5.75 Å². The van der Waals surface area contributed by atoms with E-state index in [-0.39, 0.29) is 12.1 Å². The number of halogens is 1. The number of hydrogen-bond donors (Lipinski definition) is 1. The highest BCUT2D eigenvalue weighted by molar-refractivity contribution is 9.10. The van der Waals surface area contributed by atoms with Crippen molar-refractivity contribution < 1.29 is 9.47 Å². The van der Waals surface area contributed by atoms with Gasteiger partial charge in [0.15, 0.2) is 0 Å². The molecule has 2 rings (SSSR count). The summed E-state index contributed by atoms with van der Waals surface area (Å²) in [5.74, 6) is 0.858. The van der Waals surface area contributed by atoms with Crippen LogP contribution in [0.25, 0.3) is 0 Å². The number of rotatable bonds is 5. The molecule has 1 N–H and O–H groups in total. The fraction of sp³-hybridized carbons (Fsp3) is 0.600. The number of nitrogens with one attached hydrogen (secondary N) is 1. The largest absolute Gasteiger partial charge is 0.496 e. The van der Waals surface area contributed by atoms with E-state index in [4.69, 9.17) is 9.47 Å². The van der Waals surface area contributed by atoms with Gasteiger partial charge in [-0.2, -0.15) is 0 Å². The Hall–Kier alpha value is -0.620. The van der Waals surface area contributed by atoms with E-state index in [0.29, 0.717) is 0 Å². The lowest BCUT2D eigenvalue weighted by Crippen LogP contribution is -2.47. The number of ether oxygens (including phenoxy) is 2. The number of likely N-dealkylation sites (N-methyl/N-ethyl adjacent to an activating group) is 2. The lowest BCUT2D eigenvalue weighted by atomic mass is 9.98. The molecule has 112 valence electrons. The van der Waals surface area contributed by atoms with Crippen LogP contribution in [-0.2, 0) is 4.74 Å². The molecular weight excluding hydrogens is 320 g/mol. The minimum absolute atomic E-state index is 0.175. The molecule has 0 aromatic heterocycles. The first kappa shape index (κ1) is 15.8. The van der Waals surface area contributed by atoms with Crippen LogP contribution in [0, 0.1) is 0 Å². The molecule has 1 saturated heterocycles. The Bertz CT molecular complexity index is 442. The van der Waals surface area contributed by atoms with Gasteiger partial charge in [-0.1, -0.05) is 13.0 Å². The van der Waals surface area contributed by atoms with Gasteiger partial charge < -0.3 is 14.8 Å². The zero-order valence-electron chi connectivity index (χ0n) is 12.4. The minimum atomic E-state index is 0.175. The zero-order chi connectivity index (χ0) is 14.5. The molecule has 1 heterocycles. The maximum Gasteiger partial charge on any atom is 0.133 e. The molecule has 2 atom stereocenters. The summed E-state index contributed by atoms with van der Waals surface area (Å²) in [7, 11) is 3.84. The van der Waals surface area contributed by atoms with Crippen molar-refractivity contribution in [2.75, 3.05) is 40.4 Å². The number of benzene rings is 1. The summed E-state index contributed by atoms with van der Waals surface area (Å²) in [4.78, 5) is 2.36. The fourth-order valence-electron chi connectivity index (χ4n) is 2.66. The first-order valence-electron chi connectivity index (χ1n) is 7.03. The van der Waals surface area contributed by atoms with Crippen molar-refractivity contribution in [3.05, 3.63) is 28.2 Å². The minimum Gasteiger partial charge on any atom is -0.496 e. The maximum atomic E-state index is 5.96. The first-order valence-corrected chi connectivity index (χ1v) is 7.82. The third kappa shape index (κ3) is 3.52. The molecule has 0 radical (unpaired) electrons. The molecule has 1 aliphatic rings. The van der Waals surface area contributed by atoms with Crippen LogP contribution in [0.5, 0.6) is 5.75 Å². The van der Waals surface area contributed by atoms with Gasteiger partial charge in [-0.25, -0.2) is 0 Å². The van der Waals surface area contributed by atoms with Crippen LogP contribution < -0.4 is 10.1 Å². The van der Waals surface area contributed by atoms with Crippen molar-refractivity contribution in [1.29, 1.82) is 0 Å². The summed E-state index contributed by atoms with van der Waals surface area (Å²) >= 11 is 3.57. The molecule has 1 aromatic rings. The van der Waals surface area contributed by atoms with Crippen LogP contribution in [0.2, 0.25) is 0 Å². The van der Waals surface area contributed by atoms with E-state index in [1.165, 1.54) is 5.56 Å². The van der Waals surface area contributed by atoms with E-state index < -0.39 is 0 Å². The van der Waals surface area contributed by atoms with Gasteiger partial charge in [-0.05, 0) is 47.2 Å². The average Bonchev–Trinajstić information content (AvgIpc) is 2.45. The molecule has 4 nitrogen and oxygen atoms in total. The van der Waals surface area contributed by atoms with Crippen molar-refractivity contribution in [2.24, 2.45) is 0 Å². The Morgan fingerprint density at radius 2 is 2.30 bits per heavy atom. The normalized spacial score (nSPS) is 23.8. The second kappa shape index (κ2) is 7.41. The molecule has 1 fully saturated rings. The topological polar surface area (TPSA) is 33.7 Å². The van der Waals surface area contributed by atoms with Crippen molar-refractivity contribution in [1.82, 2.24) is 10.2 Å². The molecule has 0 aliphatic carbocycles. The summed E-state index contributed by atoms with van der Waals surface area (Å²) in [6.45, 7) is 5.70. The van der Waals surface area contributed by atoms with Gasteiger partial charge in [0.2, 0.25) is 0 Å². The van der Waals surface area contributed by atoms with E-state index in [1.54, 1.807) is 7.11 Å². The highest BCUT2D eigenvalue weighted by Gasteiger charge is 2.31. The SMILES string of the molecule is CCNCC1OCCN(C)C1c1ccc(OC)c(Br)c1. The van der Waals surface area contributed by atoms with Gasteiger partial charge in [0.1, 0.15) is 5.75 Å². The van der Waals surface area contributed by atoms with Gasteiger partial charge in [0.25, 0.3) is 0 Å². The summed E-state index contributed by atoms with van der Waals surface area (Å²) in [6.07, 6.45) is 0.175. The molecule has 1 aliphatic heterocycles. The van der Waals surface area contributed by atoms with Gasteiger partial charge in [0, 0.05) is 13.1 Å². The summed E-state index contributed by atoms with van der Waals surface area (Å²) in [5, 5.41) is 3.39. The monoisotopic (exact) mass is 342 g/mol. The number of nitrogens with zero attached hydrogens (tertiary/aromatic N) is 1. The van der Waals surface area contributed by atoms with Crippen LogP contribution in [0.1, 0.15) is 18.5 Å². The zero-order valence-corrected chi connectivity index (χ0v) is 13.9. The Labute approximate surface area is 129 Å². The van der Waals surface area contributed by atoms with E-state index in [9.17, 15) is 0 Å². The number of methoxy groups -OCH3 is 1. The van der Waals surface area contributed by atoms with Crippen LogP contribution in [0.4, 0.5) is 0 Å². The van der Waals surface area contributed by atoms with Crippen LogP contribution >= 0.6 is 15.9 Å². The number of morpholine rings is 1. The lowest BCUT2D eigenvalue weighted by molar-refractivity contribution is -0.0611. The molecule has 0 amide bonds. The van der Waals surface area contributed by atoms with Crippen LogP contribution in [0.15, 0.2) is 22.7 Å². The molecule has 0 spiro atoms. The quantitative estimate of drug-likeness (QED) is 0.891.